The molecular formula is C20H27N3O3. The average molecular weight is 357 g/mol. The summed E-state index contributed by atoms with van der Waals surface area (Å²) in [6.07, 6.45) is 2.81. The van der Waals surface area contributed by atoms with Gasteiger partial charge in [0.1, 0.15) is 5.54 Å². The van der Waals surface area contributed by atoms with Crippen LogP contribution in [0, 0.1) is 5.92 Å². The Morgan fingerprint density at radius 1 is 1.19 bits per heavy atom. The molecule has 1 spiro atoms. The molecule has 2 N–H and O–H groups in total. The molecule has 0 aliphatic carbocycles. The highest BCUT2D eigenvalue weighted by molar-refractivity contribution is 6.06. The maximum atomic E-state index is 12.9. The number of amides is 2. The SMILES string of the molecule is CC1(C)C[C@@H](C(=O)N2CCC3(CC2)Nc2ccccc2NC3=O)CCO1. The van der Waals surface area contributed by atoms with Crippen molar-refractivity contribution in [3.05, 3.63) is 24.3 Å². The first kappa shape index (κ1) is 17.3. The van der Waals surface area contributed by atoms with Crippen molar-refractivity contribution in [2.45, 2.75) is 50.7 Å². The predicted molar refractivity (Wildman–Crippen MR) is 100.0 cm³/mol. The van der Waals surface area contributed by atoms with Crippen molar-refractivity contribution in [1.82, 2.24) is 4.90 Å². The van der Waals surface area contributed by atoms with Crippen molar-refractivity contribution in [2.75, 3.05) is 30.3 Å². The van der Waals surface area contributed by atoms with Crippen LogP contribution in [-0.4, -0.2) is 47.6 Å². The van der Waals surface area contributed by atoms with Gasteiger partial charge in [-0.15, -0.1) is 0 Å². The molecule has 3 aliphatic heterocycles. The minimum Gasteiger partial charge on any atom is -0.376 e. The number of hydrogen-bond donors (Lipinski definition) is 2. The Labute approximate surface area is 154 Å². The maximum absolute atomic E-state index is 12.9. The summed E-state index contributed by atoms with van der Waals surface area (Å²) >= 11 is 0. The zero-order chi connectivity index (χ0) is 18.4. The van der Waals surface area contributed by atoms with Crippen LogP contribution in [0.4, 0.5) is 11.4 Å². The van der Waals surface area contributed by atoms with E-state index >= 15 is 0 Å². The standard InChI is InChI=1S/C20H27N3O3/c1-19(2)13-14(7-12-26-19)17(24)23-10-8-20(9-11-23)18(25)21-15-5-3-4-6-16(15)22-20/h3-6,14,22H,7-13H2,1-2H3,(H,21,25)/t14-/m0/s1. The Hall–Kier alpha value is -2.08. The van der Waals surface area contributed by atoms with E-state index in [4.69, 9.17) is 4.74 Å². The molecule has 6 heteroatoms. The van der Waals surface area contributed by atoms with E-state index in [1.165, 1.54) is 0 Å². The van der Waals surface area contributed by atoms with Gasteiger partial charge in [0, 0.05) is 25.6 Å². The van der Waals surface area contributed by atoms with Gasteiger partial charge in [0.2, 0.25) is 11.8 Å². The Balaban J connectivity index is 1.43. The maximum Gasteiger partial charge on any atom is 0.250 e. The van der Waals surface area contributed by atoms with Crippen molar-refractivity contribution in [1.29, 1.82) is 0 Å². The van der Waals surface area contributed by atoms with Gasteiger partial charge in [-0.2, -0.15) is 0 Å². The van der Waals surface area contributed by atoms with Crippen LogP contribution >= 0.6 is 0 Å². The number of hydrogen-bond acceptors (Lipinski definition) is 4. The smallest absolute Gasteiger partial charge is 0.250 e. The van der Waals surface area contributed by atoms with Gasteiger partial charge in [0.15, 0.2) is 0 Å². The molecule has 0 bridgehead atoms. The second-order valence-electron chi connectivity index (χ2n) is 8.33. The van der Waals surface area contributed by atoms with Crippen molar-refractivity contribution >= 4 is 23.2 Å². The number of nitrogens with one attached hydrogen (secondary N) is 2. The summed E-state index contributed by atoms with van der Waals surface area (Å²) < 4.78 is 5.74. The van der Waals surface area contributed by atoms with Gasteiger partial charge in [0.05, 0.1) is 17.0 Å². The van der Waals surface area contributed by atoms with Crippen LogP contribution in [-0.2, 0) is 14.3 Å². The number of anilines is 2. The third-order valence-corrected chi connectivity index (χ3v) is 5.96. The van der Waals surface area contributed by atoms with Crippen molar-refractivity contribution in [3.63, 3.8) is 0 Å². The van der Waals surface area contributed by atoms with Crippen LogP contribution in [0.15, 0.2) is 24.3 Å². The van der Waals surface area contributed by atoms with E-state index in [1.54, 1.807) is 0 Å². The Bertz CT molecular complexity index is 723. The zero-order valence-corrected chi connectivity index (χ0v) is 15.5. The normalized spacial score (nSPS) is 26.6. The summed E-state index contributed by atoms with van der Waals surface area (Å²) in [4.78, 5) is 27.6. The molecule has 0 radical (unpaired) electrons. The second kappa shape index (κ2) is 6.27. The van der Waals surface area contributed by atoms with Crippen LogP contribution in [0.2, 0.25) is 0 Å². The number of rotatable bonds is 1. The van der Waals surface area contributed by atoms with Gasteiger partial charge in [-0.3, -0.25) is 9.59 Å². The minimum absolute atomic E-state index is 0.00972. The molecule has 3 aliphatic rings. The molecule has 6 nitrogen and oxygen atoms in total. The van der Waals surface area contributed by atoms with Gasteiger partial charge in [0.25, 0.3) is 0 Å². The number of fused-ring (bicyclic) bond motifs is 1. The van der Waals surface area contributed by atoms with Crippen LogP contribution in [0.25, 0.3) is 0 Å². The third-order valence-electron chi connectivity index (χ3n) is 5.96. The van der Waals surface area contributed by atoms with Crippen LogP contribution in [0.5, 0.6) is 0 Å². The number of benzene rings is 1. The van der Waals surface area contributed by atoms with E-state index in [-0.39, 0.29) is 23.3 Å². The lowest BCUT2D eigenvalue weighted by Gasteiger charge is -2.45. The average Bonchev–Trinajstić information content (AvgIpc) is 2.62. The lowest BCUT2D eigenvalue weighted by molar-refractivity contribution is -0.147. The molecule has 0 aromatic heterocycles. The van der Waals surface area contributed by atoms with Gasteiger partial charge in [-0.25, -0.2) is 0 Å². The fraction of sp³-hybridized carbons (Fsp3) is 0.600. The lowest BCUT2D eigenvalue weighted by atomic mass is 9.82. The van der Waals surface area contributed by atoms with Gasteiger partial charge in [-0.05, 0) is 51.7 Å². The van der Waals surface area contributed by atoms with E-state index in [0.29, 0.717) is 32.5 Å². The third kappa shape index (κ3) is 3.07. The van der Waals surface area contributed by atoms with E-state index in [2.05, 4.69) is 10.6 Å². The molecule has 1 atom stereocenters. The molecule has 4 rings (SSSR count). The largest absolute Gasteiger partial charge is 0.376 e. The Kier molecular flexibility index (Phi) is 4.18. The van der Waals surface area contributed by atoms with E-state index in [1.807, 2.05) is 43.0 Å². The number of carbonyl (C=O) groups excluding carboxylic acids is 2. The molecule has 0 unspecified atom stereocenters. The topological polar surface area (TPSA) is 70.7 Å². The van der Waals surface area contributed by atoms with Crippen molar-refractivity contribution in [3.8, 4) is 0 Å². The summed E-state index contributed by atoms with van der Waals surface area (Å²) in [5.41, 5.74) is 0.939. The molecule has 2 saturated heterocycles. The Morgan fingerprint density at radius 2 is 1.88 bits per heavy atom. The number of nitrogens with zero attached hydrogens (tertiary/aromatic N) is 1. The molecule has 0 saturated carbocycles. The first-order valence-corrected chi connectivity index (χ1v) is 9.50. The van der Waals surface area contributed by atoms with E-state index in [9.17, 15) is 9.59 Å². The van der Waals surface area contributed by atoms with Crippen LogP contribution in [0.3, 0.4) is 0 Å². The molecular weight excluding hydrogens is 330 g/mol. The quantitative estimate of drug-likeness (QED) is 0.811. The fourth-order valence-electron chi connectivity index (χ4n) is 4.42. The van der Waals surface area contributed by atoms with Gasteiger partial charge in [-0.1, -0.05) is 12.1 Å². The number of piperidine rings is 1. The first-order valence-electron chi connectivity index (χ1n) is 9.50. The highest BCUT2D eigenvalue weighted by Crippen LogP contribution is 2.37. The van der Waals surface area contributed by atoms with Gasteiger partial charge >= 0.3 is 0 Å². The van der Waals surface area contributed by atoms with Crippen LogP contribution in [0.1, 0.15) is 39.5 Å². The minimum atomic E-state index is -0.611. The van der Waals surface area contributed by atoms with E-state index < -0.39 is 5.54 Å². The van der Waals surface area contributed by atoms with E-state index in [0.717, 1.165) is 24.2 Å². The molecule has 140 valence electrons. The summed E-state index contributed by atoms with van der Waals surface area (Å²) in [7, 11) is 0. The summed E-state index contributed by atoms with van der Waals surface area (Å²) in [6.45, 7) is 5.96. The number of likely N-dealkylation sites (tertiary alicyclic amines) is 1. The highest BCUT2D eigenvalue weighted by atomic mass is 16.5. The molecule has 2 amide bonds. The van der Waals surface area contributed by atoms with Crippen molar-refractivity contribution in [2.24, 2.45) is 5.92 Å². The zero-order valence-electron chi connectivity index (χ0n) is 15.5. The molecule has 1 aromatic carbocycles. The lowest BCUT2D eigenvalue weighted by Crippen LogP contribution is -2.59. The number of ether oxygens (including phenoxy) is 1. The molecule has 1 aromatic rings. The first-order chi connectivity index (χ1) is 12.4. The number of carbonyl (C=O) groups is 2. The predicted octanol–water partition coefficient (Wildman–Crippen LogP) is 2.62. The van der Waals surface area contributed by atoms with Crippen LogP contribution < -0.4 is 10.6 Å². The van der Waals surface area contributed by atoms with Gasteiger partial charge < -0.3 is 20.3 Å². The molecule has 26 heavy (non-hydrogen) atoms. The summed E-state index contributed by atoms with van der Waals surface area (Å²) in [5, 5.41) is 6.46. The second-order valence-corrected chi connectivity index (χ2v) is 8.33. The fourth-order valence-corrected chi connectivity index (χ4v) is 4.42. The highest BCUT2D eigenvalue weighted by Gasteiger charge is 2.46. The van der Waals surface area contributed by atoms with Crippen molar-refractivity contribution < 1.29 is 14.3 Å². The molecule has 2 fully saturated rings. The summed E-state index contributed by atoms with van der Waals surface area (Å²) in [6, 6.07) is 7.76. The Morgan fingerprint density at radius 3 is 2.58 bits per heavy atom. The molecule has 3 heterocycles. The summed E-state index contributed by atoms with van der Waals surface area (Å²) in [5.74, 6) is 0.255. The monoisotopic (exact) mass is 357 g/mol. The number of para-hydroxylation sites is 2.